The van der Waals surface area contributed by atoms with Crippen molar-refractivity contribution in [3.8, 4) is 51.0 Å². The van der Waals surface area contributed by atoms with Gasteiger partial charge in [0.05, 0.1) is 26.5 Å². The molecule has 0 saturated carbocycles. The van der Waals surface area contributed by atoms with Crippen molar-refractivity contribution in [3.63, 3.8) is 0 Å². The molecule has 7 aromatic carbocycles. The molecule has 3 heterocycles. The van der Waals surface area contributed by atoms with Crippen LogP contribution in [0.4, 0.5) is 5.69 Å². The lowest BCUT2D eigenvalue weighted by Gasteiger charge is -2.23. The number of hydrogen-bond donors (Lipinski definition) is 0. The van der Waals surface area contributed by atoms with Crippen LogP contribution in [-0.4, -0.2) is 23.7 Å². The SMILES string of the molecule is O=S1(c2ccccc2)=Nc2c(-c3ccc4c5ccccc5n(-c5nc(-c6ccccc6)nc(-c6ccccc6)n5)c4c3)cccc2-c2ccccc21. The van der Waals surface area contributed by atoms with Gasteiger partial charge in [0.1, 0.15) is 9.73 Å². The Balaban J connectivity index is 1.24. The minimum absolute atomic E-state index is 0.525. The van der Waals surface area contributed by atoms with Gasteiger partial charge in [-0.25, -0.2) is 9.19 Å². The van der Waals surface area contributed by atoms with Crippen LogP contribution in [-0.2, 0) is 9.73 Å². The molecule has 0 radical (unpaired) electrons. The van der Waals surface area contributed by atoms with Crippen molar-refractivity contribution in [1.29, 1.82) is 0 Å². The summed E-state index contributed by atoms with van der Waals surface area (Å²) in [5.74, 6) is 1.71. The van der Waals surface area contributed by atoms with E-state index in [1.807, 2.05) is 121 Å². The zero-order valence-electron chi connectivity index (χ0n) is 27.8. The van der Waals surface area contributed by atoms with E-state index in [0.717, 1.165) is 65.8 Å². The minimum Gasteiger partial charge on any atom is -0.278 e. The highest BCUT2D eigenvalue weighted by molar-refractivity contribution is 7.94. The smallest absolute Gasteiger partial charge is 0.238 e. The Labute approximate surface area is 300 Å². The van der Waals surface area contributed by atoms with Crippen LogP contribution in [0.25, 0.3) is 72.8 Å². The van der Waals surface area contributed by atoms with E-state index in [-0.39, 0.29) is 0 Å². The maximum Gasteiger partial charge on any atom is 0.238 e. The summed E-state index contributed by atoms with van der Waals surface area (Å²) >= 11 is 0. The maximum absolute atomic E-state index is 15.0. The van der Waals surface area contributed by atoms with Gasteiger partial charge in [0.25, 0.3) is 0 Å². The predicted molar refractivity (Wildman–Crippen MR) is 209 cm³/mol. The molecule has 52 heavy (non-hydrogen) atoms. The van der Waals surface area contributed by atoms with Crippen molar-refractivity contribution in [2.75, 3.05) is 0 Å². The second kappa shape index (κ2) is 12.0. The Morgan fingerprint density at radius 2 is 1.02 bits per heavy atom. The van der Waals surface area contributed by atoms with Crippen molar-refractivity contribution in [2.24, 2.45) is 4.36 Å². The molecule has 2 aromatic heterocycles. The first-order valence-corrected chi connectivity index (χ1v) is 18.6. The van der Waals surface area contributed by atoms with Crippen LogP contribution >= 0.6 is 0 Å². The van der Waals surface area contributed by atoms with Crippen molar-refractivity contribution in [3.05, 3.63) is 176 Å². The van der Waals surface area contributed by atoms with Gasteiger partial charge in [-0.3, -0.25) is 4.57 Å². The summed E-state index contributed by atoms with van der Waals surface area (Å²) in [7, 11) is -2.96. The number of rotatable bonds is 5. The summed E-state index contributed by atoms with van der Waals surface area (Å²) in [6, 6.07) is 58.5. The topological polar surface area (TPSA) is 73.0 Å². The van der Waals surface area contributed by atoms with E-state index in [0.29, 0.717) is 22.5 Å². The number of para-hydroxylation sites is 1. The van der Waals surface area contributed by atoms with Crippen molar-refractivity contribution >= 4 is 37.2 Å². The second-order valence-corrected chi connectivity index (χ2v) is 14.9. The fourth-order valence-corrected chi connectivity index (χ4v) is 9.41. The van der Waals surface area contributed by atoms with E-state index in [4.69, 9.17) is 19.3 Å². The highest BCUT2D eigenvalue weighted by Crippen LogP contribution is 2.48. The lowest BCUT2D eigenvalue weighted by atomic mass is 9.95. The van der Waals surface area contributed by atoms with Gasteiger partial charge in [0, 0.05) is 38.6 Å². The zero-order chi connectivity index (χ0) is 34.6. The number of fused-ring (bicyclic) bond motifs is 6. The average Bonchev–Trinajstić information content (AvgIpc) is 3.55. The fourth-order valence-electron chi connectivity index (χ4n) is 7.24. The molecule has 10 rings (SSSR count). The molecule has 0 spiro atoms. The molecule has 0 aliphatic carbocycles. The number of benzene rings is 7. The third-order valence-electron chi connectivity index (χ3n) is 9.67. The van der Waals surface area contributed by atoms with Gasteiger partial charge < -0.3 is 0 Å². The van der Waals surface area contributed by atoms with Crippen LogP contribution in [0.2, 0.25) is 0 Å². The standard InChI is InChI=1S/C45H29N5OS/c51-52(33-19-8-3-9-20-33)41-26-13-11-22-37(41)38-24-14-23-34(42(38)49-52)32-27-28-36-35-21-10-12-25-39(35)50(40(36)29-32)45-47-43(30-15-4-1-5-16-30)46-44(48-45)31-17-6-2-7-18-31/h1-29H. The number of hydrogen-bond acceptors (Lipinski definition) is 5. The van der Waals surface area contributed by atoms with Crippen molar-refractivity contribution in [1.82, 2.24) is 19.5 Å². The molecular weight excluding hydrogens is 659 g/mol. The van der Waals surface area contributed by atoms with Crippen molar-refractivity contribution < 1.29 is 4.21 Å². The summed E-state index contributed by atoms with van der Waals surface area (Å²) in [5, 5.41) is 2.16. The Morgan fingerprint density at radius 3 is 1.75 bits per heavy atom. The molecule has 1 atom stereocenters. The largest absolute Gasteiger partial charge is 0.278 e. The molecule has 0 bridgehead atoms. The van der Waals surface area contributed by atoms with E-state index < -0.39 is 9.73 Å². The molecule has 0 N–H and O–H groups in total. The maximum atomic E-state index is 15.0. The summed E-state index contributed by atoms with van der Waals surface area (Å²) in [6.45, 7) is 0. The molecule has 1 aliphatic rings. The summed E-state index contributed by atoms with van der Waals surface area (Å²) in [6.07, 6.45) is 0. The molecular formula is C45H29N5OS. The summed E-state index contributed by atoms with van der Waals surface area (Å²) in [5.41, 5.74) is 8.21. The first-order valence-electron chi connectivity index (χ1n) is 17.1. The first kappa shape index (κ1) is 30.2. The van der Waals surface area contributed by atoms with Crippen LogP contribution < -0.4 is 0 Å². The number of nitrogens with zero attached hydrogens (tertiary/aromatic N) is 5. The second-order valence-electron chi connectivity index (χ2n) is 12.7. The van der Waals surface area contributed by atoms with Gasteiger partial charge in [-0.15, -0.1) is 0 Å². The van der Waals surface area contributed by atoms with Gasteiger partial charge in [0.15, 0.2) is 11.6 Å². The summed E-state index contributed by atoms with van der Waals surface area (Å²) < 4.78 is 22.3. The van der Waals surface area contributed by atoms with E-state index in [1.165, 1.54) is 0 Å². The van der Waals surface area contributed by atoms with Gasteiger partial charge >= 0.3 is 0 Å². The molecule has 0 amide bonds. The van der Waals surface area contributed by atoms with Crippen molar-refractivity contribution in [2.45, 2.75) is 9.79 Å². The third-order valence-corrected chi connectivity index (χ3v) is 12.0. The Hall–Kier alpha value is -6.70. The molecule has 6 nitrogen and oxygen atoms in total. The van der Waals surface area contributed by atoms with Gasteiger partial charge in [-0.1, -0.05) is 146 Å². The zero-order valence-corrected chi connectivity index (χ0v) is 28.6. The van der Waals surface area contributed by atoms with E-state index >= 15 is 4.21 Å². The highest BCUT2D eigenvalue weighted by Gasteiger charge is 2.28. The fraction of sp³-hybridized carbons (Fsp3) is 0. The van der Waals surface area contributed by atoms with E-state index in [1.54, 1.807) is 0 Å². The molecule has 7 heteroatoms. The van der Waals surface area contributed by atoms with Crippen LogP contribution in [0.1, 0.15) is 0 Å². The third kappa shape index (κ3) is 4.78. The first-order chi connectivity index (χ1) is 25.7. The quantitative estimate of drug-likeness (QED) is 0.180. The molecule has 0 fully saturated rings. The lowest BCUT2D eigenvalue weighted by Crippen LogP contribution is -2.07. The van der Waals surface area contributed by atoms with E-state index in [2.05, 4.69) is 59.2 Å². The van der Waals surface area contributed by atoms with Crippen LogP contribution in [0.15, 0.2) is 190 Å². The van der Waals surface area contributed by atoms with Gasteiger partial charge in [0.2, 0.25) is 5.95 Å². The van der Waals surface area contributed by atoms with Crippen LogP contribution in [0, 0.1) is 0 Å². The predicted octanol–water partition coefficient (Wildman–Crippen LogP) is 11.2. The lowest BCUT2D eigenvalue weighted by molar-refractivity contribution is 0.676. The normalized spacial score (nSPS) is 14.8. The Morgan fingerprint density at radius 1 is 0.442 bits per heavy atom. The monoisotopic (exact) mass is 687 g/mol. The minimum atomic E-state index is -2.96. The van der Waals surface area contributed by atoms with Crippen LogP contribution in [0.5, 0.6) is 0 Å². The molecule has 1 unspecified atom stereocenters. The Kier molecular flexibility index (Phi) is 6.94. The summed E-state index contributed by atoms with van der Waals surface area (Å²) in [4.78, 5) is 16.6. The highest BCUT2D eigenvalue weighted by atomic mass is 32.2. The average molecular weight is 688 g/mol. The Bertz CT molecular complexity index is 2890. The number of aromatic nitrogens is 4. The molecule has 1 aliphatic heterocycles. The van der Waals surface area contributed by atoms with Gasteiger partial charge in [-0.05, 0) is 35.9 Å². The van der Waals surface area contributed by atoms with Gasteiger partial charge in [-0.2, -0.15) is 14.3 Å². The molecule has 0 saturated heterocycles. The van der Waals surface area contributed by atoms with E-state index in [9.17, 15) is 0 Å². The molecule has 246 valence electrons. The van der Waals surface area contributed by atoms with Crippen LogP contribution in [0.3, 0.4) is 0 Å². The molecule has 9 aromatic rings.